The molecule has 1 fully saturated rings. The summed E-state index contributed by atoms with van der Waals surface area (Å²) in [4.78, 5) is 48.9. The number of likely N-dealkylation sites (N-methyl/N-ethyl adjacent to an activating group) is 1. The summed E-state index contributed by atoms with van der Waals surface area (Å²) >= 11 is 7.44. The van der Waals surface area contributed by atoms with Gasteiger partial charge in [0.2, 0.25) is 0 Å². The molecule has 44 heavy (non-hydrogen) atoms. The zero-order chi connectivity index (χ0) is 31.4. The predicted octanol–water partition coefficient (Wildman–Crippen LogP) is 3.00. The molecule has 0 aliphatic carbocycles. The summed E-state index contributed by atoms with van der Waals surface area (Å²) in [5.74, 6) is 0.580. The highest BCUT2D eigenvalue weighted by Gasteiger charge is 2.34. The summed E-state index contributed by atoms with van der Waals surface area (Å²) in [5, 5.41) is 0.560. The Morgan fingerprint density at radius 1 is 1.11 bits per heavy atom. The van der Waals surface area contributed by atoms with E-state index in [-0.39, 0.29) is 24.0 Å². The van der Waals surface area contributed by atoms with E-state index in [9.17, 15) is 14.4 Å². The highest BCUT2D eigenvalue weighted by Crippen LogP contribution is 2.32. The summed E-state index contributed by atoms with van der Waals surface area (Å²) in [6.07, 6.45) is 1.76. The van der Waals surface area contributed by atoms with Gasteiger partial charge in [-0.2, -0.15) is 0 Å². The molecule has 1 saturated heterocycles. The van der Waals surface area contributed by atoms with Crippen LogP contribution >= 0.6 is 22.9 Å². The highest BCUT2D eigenvalue weighted by molar-refractivity contribution is 7.07. The second-order valence-electron chi connectivity index (χ2n) is 10.3. The van der Waals surface area contributed by atoms with Crippen LogP contribution < -0.4 is 24.4 Å². The number of methoxy groups -OCH3 is 1. The number of amides is 2. The maximum Gasteiger partial charge on any atom is 0.271 e. The molecule has 0 saturated carbocycles. The quantitative estimate of drug-likeness (QED) is 0.357. The molecule has 12 heteroatoms. The number of hydrogen-bond acceptors (Lipinski definition) is 8. The monoisotopic (exact) mass is 638 g/mol. The average molecular weight is 639 g/mol. The first kappa shape index (κ1) is 31.5. The number of aromatic nitrogens is 1. The normalized spacial score (nSPS) is 16.8. The number of hydrogen-bond donors (Lipinski definition) is 0. The number of fused-ring (bicyclic) bond motifs is 1. The van der Waals surface area contributed by atoms with Crippen LogP contribution in [0.1, 0.15) is 37.9 Å². The van der Waals surface area contributed by atoms with Crippen molar-refractivity contribution < 1.29 is 23.8 Å². The Morgan fingerprint density at radius 2 is 1.82 bits per heavy atom. The summed E-state index contributed by atoms with van der Waals surface area (Å²) in [5.41, 5.74) is 2.24. The molecule has 10 nitrogen and oxygen atoms in total. The van der Waals surface area contributed by atoms with E-state index < -0.39 is 6.04 Å². The minimum absolute atomic E-state index is 0.118. The van der Waals surface area contributed by atoms with Crippen LogP contribution in [0.3, 0.4) is 0 Å². The zero-order valence-corrected chi connectivity index (χ0v) is 26.7. The van der Waals surface area contributed by atoms with E-state index in [1.54, 1.807) is 50.8 Å². The van der Waals surface area contributed by atoms with Gasteiger partial charge < -0.3 is 24.0 Å². The van der Waals surface area contributed by atoms with Gasteiger partial charge in [0.15, 0.2) is 22.9 Å². The molecule has 0 N–H and O–H groups in total. The summed E-state index contributed by atoms with van der Waals surface area (Å²) < 4.78 is 18.7. The molecule has 1 aromatic heterocycles. The van der Waals surface area contributed by atoms with E-state index in [0.717, 1.165) is 5.56 Å². The van der Waals surface area contributed by atoms with Crippen molar-refractivity contribution in [2.75, 3.05) is 53.1 Å². The topological polar surface area (TPSA) is 103 Å². The number of rotatable bonds is 9. The molecule has 0 bridgehead atoms. The van der Waals surface area contributed by atoms with Crippen molar-refractivity contribution in [3.63, 3.8) is 0 Å². The maximum absolute atomic E-state index is 14.0. The zero-order valence-electron chi connectivity index (χ0n) is 25.2. The molecule has 0 unspecified atom stereocenters. The second-order valence-corrected chi connectivity index (χ2v) is 11.7. The molecule has 2 aliphatic rings. The number of carbonyl (C=O) groups excluding carboxylic acids is 2. The van der Waals surface area contributed by atoms with E-state index in [2.05, 4.69) is 0 Å². The third kappa shape index (κ3) is 6.45. The van der Waals surface area contributed by atoms with Gasteiger partial charge in [-0.05, 0) is 62.2 Å². The molecule has 2 amide bonds. The van der Waals surface area contributed by atoms with Crippen molar-refractivity contribution in [1.29, 1.82) is 0 Å². The maximum atomic E-state index is 14.0. The van der Waals surface area contributed by atoms with Crippen LogP contribution in [0.5, 0.6) is 11.5 Å². The van der Waals surface area contributed by atoms with Gasteiger partial charge in [-0.1, -0.05) is 41.1 Å². The Bertz CT molecular complexity index is 1750. The number of benzene rings is 2. The van der Waals surface area contributed by atoms with Crippen LogP contribution in [0.25, 0.3) is 6.08 Å². The second kappa shape index (κ2) is 13.8. The molecule has 5 rings (SSSR count). The van der Waals surface area contributed by atoms with E-state index in [1.165, 1.54) is 18.4 Å². The van der Waals surface area contributed by atoms with E-state index in [0.29, 0.717) is 82.1 Å². The van der Waals surface area contributed by atoms with E-state index in [4.69, 9.17) is 30.8 Å². The van der Waals surface area contributed by atoms with Crippen molar-refractivity contribution in [1.82, 2.24) is 14.4 Å². The number of halogens is 1. The van der Waals surface area contributed by atoms with Crippen LogP contribution in [-0.4, -0.2) is 79.3 Å². The Morgan fingerprint density at radius 3 is 2.48 bits per heavy atom. The minimum atomic E-state index is -0.659. The van der Waals surface area contributed by atoms with Gasteiger partial charge in [0.1, 0.15) is 0 Å². The van der Waals surface area contributed by atoms with E-state index >= 15 is 0 Å². The first-order chi connectivity index (χ1) is 21.2. The fourth-order valence-electron chi connectivity index (χ4n) is 5.32. The lowest BCUT2D eigenvalue weighted by atomic mass is 9.94. The fraction of sp³-hybridized carbons (Fsp3) is 0.375. The van der Waals surface area contributed by atoms with Gasteiger partial charge in [0, 0.05) is 31.2 Å². The molecule has 2 aromatic carbocycles. The molecular weight excluding hydrogens is 604 g/mol. The number of morpholine rings is 1. The molecule has 3 aromatic rings. The van der Waals surface area contributed by atoms with E-state index in [1.807, 2.05) is 32.9 Å². The third-order valence-corrected chi connectivity index (χ3v) is 8.92. The van der Waals surface area contributed by atoms with Crippen molar-refractivity contribution in [3.8, 4) is 11.5 Å². The third-order valence-electron chi connectivity index (χ3n) is 7.69. The Hall–Kier alpha value is -3.93. The molecule has 2 aliphatic heterocycles. The molecule has 0 spiro atoms. The smallest absolute Gasteiger partial charge is 0.271 e. The lowest BCUT2D eigenvalue weighted by Gasteiger charge is -2.29. The van der Waals surface area contributed by atoms with Gasteiger partial charge in [-0.3, -0.25) is 19.0 Å². The van der Waals surface area contributed by atoms with Crippen LogP contribution in [0.15, 0.2) is 63.5 Å². The average Bonchev–Trinajstić information content (AvgIpc) is 3.34. The Balaban J connectivity index is 1.50. The summed E-state index contributed by atoms with van der Waals surface area (Å²) in [6, 6.07) is 11.8. The van der Waals surface area contributed by atoms with Crippen LogP contribution in [0.2, 0.25) is 5.02 Å². The van der Waals surface area contributed by atoms with Crippen LogP contribution in [0, 0.1) is 0 Å². The van der Waals surface area contributed by atoms with Crippen molar-refractivity contribution in [2.45, 2.75) is 26.8 Å². The number of allylic oxidation sites excluding steroid dienone is 1. The molecule has 232 valence electrons. The SMILES string of the molecule is CCN(CC)C(=O)C1=C(C)N=c2s/c(=C\c3ccc(OCC(=O)N4CCOCC4)c(OC)c3)c(=O)n2[C@@H]1c1ccc(Cl)cc1. The van der Waals surface area contributed by atoms with Crippen molar-refractivity contribution in [3.05, 3.63) is 89.6 Å². The Kier molecular flexibility index (Phi) is 9.87. The minimum Gasteiger partial charge on any atom is -0.493 e. The number of carbonyl (C=O) groups is 2. The molecule has 3 heterocycles. The summed E-state index contributed by atoms with van der Waals surface area (Å²) in [6.45, 7) is 8.73. The van der Waals surface area contributed by atoms with Crippen molar-refractivity contribution in [2.24, 2.45) is 4.99 Å². The summed E-state index contributed by atoms with van der Waals surface area (Å²) in [7, 11) is 1.52. The largest absolute Gasteiger partial charge is 0.493 e. The number of nitrogens with zero attached hydrogens (tertiary/aromatic N) is 4. The fourth-order valence-corrected chi connectivity index (χ4v) is 6.50. The van der Waals surface area contributed by atoms with Gasteiger partial charge in [0.25, 0.3) is 17.4 Å². The number of ether oxygens (including phenoxy) is 3. The molecule has 1 atom stereocenters. The van der Waals surface area contributed by atoms with Gasteiger partial charge in [0.05, 0.1) is 42.2 Å². The van der Waals surface area contributed by atoms with Gasteiger partial charge in [-0.15, -0.1) is 0 Å². The molecule has 0 radical (unpaired) electrons. The van der Waals surface area contributed by atoms with Gasteiger partial charge >= 0.3 is 0 Å². The first-order valence-corrected chi connectivity index (χ1v) is 15.7. The first-order valence-electron chi connectivity index (χ1n) is 14.5. The lowest BCUT2D eigenvalue weighted by Crippen LogP contribution is -2.43. The Labute approximate surface area is 264 Å². The van der Waals surface area contributed by atoms with Crippen molar-refractivity contribution >= 4 is 40.8 Å². The number of thiazole rings is 1. The highest BCUT2D eigenvalue weighted by atomic mass is 35.5. The predicted molar refractivity (Wildman–Crippen MR) is 169 cm³/mol. The lowest BCUT2D eigenvalue weighted by molar-refractivity contribution is -0.137. The van der Waals surface area contributed by atoms with Gasteiger partial charge in [-0.25, -0.2) is 4.99 Å². The van der Waals surface area contributed by atoms with Crippen LogP contribution in [0.4, 0.5) is 0 Å². The molecular formula is C32H35ClN4O6S. The van der Waals surface area contributed by atoms with Crippen LogP contribution in [-0.2, 0) is 14.3 Å². The standard InChI is InChI=1S/C32H35ClN4O6S/c1-5-35(6-2)31(40)28-20(3)34-32-37(29(28)22-8-10-23(33)11-9-22)30(39)26(44-32)18-21-7-12-24(25(17-21)41-4)43-19-27(38)36-13-15-42-16-14-36/h7-12,17-18,29H,5-6,13-16,19H2,1-4H3/b26-18-/t29-/m1/s1.